The van der Waals surface area contributed by atoms with Gasteiger partial charge in [-0.2, -0.15) is 0 Å². The highest BCUT2D eigenvalue weighted by atomic mass is 14.2. The highest BCUT2D eigenvalue weighted by molar-refractivity contribution is 5.31. The predicted molar refractivity (Wildman–Crippen MR) is 84.4 cm³/mol. The third-order valence-electron chi connectivity index (χ3n) is 3.99. The van der Waals surface area contributed by atoms with Crippen molar-refractivity contribution in [3.8, 4) is 0 Å². The summed E-state index contributed by atoms with van der Waals surface area (Å²) in [6.07, 6.45) is 16.3. The van der Waals surface area contributed by atoms with Gasteiger partial charge in [0.1, 0.15) is 0 Å². The maximum absolute atomic E-state index is 2.34. The smallest absolute Gasteiger partial charge is 0.00583 e. The number of rotatable bonds is 7. The van der Waals surface area contributed by atoms with Gasteiger partial charge in [-0.1, -0.05) is 86.7 Å². The number of benzene rings is 1. The first-order valence-corrected chi connectivity index (χ1v) is 7.81. The Labute approximate surface area is 118 Å². The molecule has 1 atom stereocenters. The van der Waals surface area contributed by atoms with Crippen molar-refractivity contribution in [3.63, 3.8) is 0 Å². The fraction of sp³-hybridized carbons (Fsp3) is 0.474. The lowest BCUT2D eigenvalue weighted by molar-refractivity contribution is 0.618. The van der Waals surface area contributed by atoms with Gasteiger partial charge in [-0.05, 0) is 24.8 Å². The Morgan fingerprint density at radius 1 is 1.00 bits per heavy atom. The number of unbranched alkanes of at least 4 members (excludes halogenated alkanes) is 4. The molecule has 1 unspecified atom stereocenters. The van der Waals surface area contributed by atoms with Crippen LogP contribution < -0.4 is 0 Å². The van der Waals surface area contributed by atoms with Gasteiger partial charge in [0.15, 0.2) is 0 Å². The standard InChI is InChI=1S/C19H26/c1-2-3-4-5-7-11-17-12-10-15-19(16-17)18-13-8-6-9-14-18/h6,8-10,12-15,19H,2-5,7,11,16H2,1H3. The van der Waals surface area contributed by atoms with Crippen LogP contribution in [0.25, 0.3) is 0 Å². The minimum Gasteiger partial charge on any atom is -0.0767 e. The van der Waals surface area contributed by atoms with Crippen molar-refractivity contribution < 1.29 is 0 Å². The third-order valence-corrected chi connectivity index (χ3v) is 3.99. The van der Waals surface area contributed by atoms with E-state index in [1.807, 2.05) is 0 Å². The summed E-state index contributed by atoms with van der Waals surface area (Å²) < 4.78 is 0. The maximum atomic E-state index is 2.34. The van der Waals surface area contributed by atoms with E-state index >= 15 is 0 Å². The molecule has 0 aromatic heterocycles. The van der Waals surface area contributed by atoms with Crippen molar-refractivity contribution in [2.24, 2.45) is 0 Å². The zero-order chi connectivity index (χ0) is 13.3. The van der Waals surface area contributed by atoms with E-state index < -0.39 is 0 Å². The first-order chi connectivity index (χ1) is 9.40. The molecule has 1 aliphatic rings. The molecule has 0 saturated carbocycles. The quantitative estimate of drug-likeness (QED) is 0.522. The van der Waals surface area contributed by atoms with Crippen LogP contribution in [0.4, 0.5) is 0 Å². The van der Waals surface area contributed by atoms with Crippen molar-refractivity contribution in [2.45, 2.75) is 57.8 Å². The summed E-state index contributed by atoms with van der Waals surface area (Å²) in [6, 6.07) is 10.9. The van der Waals surface area contributed by atoms with E-state index in [9.17, 15) is 0 Å². The number of hydrogen-bond acceptors (Lipinski definition) is 0. The van der Waals surface area contributed by atoms with Gasteiger partial charge in [0, 0.05) is 5.92 Å². The third kappa shape index (κ3) is 4.70. The molecule has 0 spiro atoms. The van der Waals surface area contributed by atoms with E-state index in [-0.39, 0.29) is 0 Å². The van der Waals surface area contributed by atoms with E-state index in [1.165, 1.54) is 50.5 Å². The van der Waals surface area contributed by atoms with Crippen LogP contribution in [-0.2, 0) is 0 Å². The molecule has 0 N–H and O–H groups in total. The van der Waals surface area contributed by atoms with Gasteiger partial charge in [0.25, 0.3) is 0 Å². The molecule has 2 rings (SSSR count). The monoisotopic (exact) mass is 254 g/mol. The zero-order valence-corrected chi connectivity index (χ0v) is 12.1. The Balaban J connectivity index is 1.78. The highest BCUT2D eigenvalue weighted by Crippen LogP contribution is 2.30. The largest absolute Gasteiger partial charge is 0.0767 e. The zero-order valence-electron chi connectivity index (χ0n) is 12.1. The van der Waals surface area contributed by atoms with Crippen molar-refractivity contribution >= 4 is 0 Å². The van der Waals surface area contributed by atoms with Crippen molar-refractivity contribution in [3.05, 3.63) is 59.7 Å². The van der Waals surface area contributed by atoms with Crippen LogP contribution in [-0.4, -0.2) is 0 Å². The van der Waals surface area contributed by atoms with Crippen molar-refractivity contribution in [1.82, 2.24) is 0 Å². The Hall–Kier alpha value is -1.30. The molecular formula is C19H26. The van der Waals surface area contributed by atoms with Gasteiger partial charge in [0.2, 0.25) is 0 Å². The summed E-state index contributed by atoms with van der Waals surface area (Å²) >= 11 is 0. The molecule has 0 bridgehead atoms. The molecule has 102 valence electrons. The molecule has 0 heterocycles. The van der Waals surface area contributed by atoms with E-state index in [1.54, 1.807) is 5.57 Å². The first kappa shape index (κ1) is 14.1. The van der Waals surface area contributed by atoms with Crippen LogP contribution in [0.1, 0.15) is 63.4 Å². The van der Waals surface area contributed by atoms with Gasteiger partial charge < -0.3 is 0 Å². The average molecular weight is 254 g/mol. The molecule has 1 aliphatic carbocycles. The van der Waals surface area contributed by atoms with Gasteiger partial charge >= 0.3 is 0 Å². The summed E-state index contributed by atoms with van der Waals surface area (Å²) in [7, 11) is 0. The molecule has 0 fully saturated rings. The van der Waals surface area contributed by atoms with Crippen LogP contribution >= 0.6 is 0 Å². The Morgan fingerprint density at radius 2 is 1.79 bits per heavy atom. The molecule has 19 heavy (non-hydrogen) atoms. The van der Waals surface area contributed by atoms with Gasteiger partial charge in [0.05, 0.1) is 0 Å². The molecule has 0 saturated heterocycles. The van der Waals surface area contributed by atoms with E-state index in [4.69, 9.17) is 0 Å². The fourth-order valence-electron chi connectivity index (χ4n) is 2.81. The summed E-state index contributed by atoms with van der Waals surface area (Å²) in [5.74, 6) is 0.594. The van der Waals surface area contributed by atoms with E-state index in [0.717, 1.165) is 0 Å². The molecular weight excluding hydrogens is 228 g/mol. The Kier molecular flexibility index (Phi) is 5.94. The Bertz CT molecular complexity index is 411. The van der Waals surface area contributed by atoms with Crippen molar-refractivity contribution in [2.75, 3.05) is 0 Å². The molecule has 0 nitrogen and oxygen atoms in total. The summed E-state index contributed by atoms with van der Waals surface area (Å²) in [5.41, 5.74) is 3.09. The molecule has 1 aromatic carbocycles. The summed E-state index contributed by atoms with van der Waals surface area (Å²) in [6.45, 7) is 2.28. The van der Waals surface area contributed by atoms with Crippen LogP contribution in [0.2, 0.25) is 0 Å². The average Bonchev–Trinajstić information content (AvgIpc) is 2.48. The minimum atomic E-state index is 0.594. The lowest BCUT2D eigenvalue weighted by Gasteiger charge is -2.19. The molecule has 0 amide bonds. The molecule has 0 radical (unpaired) electrons. The number of hydrogen-bond donors (Lipinski definition) is 0. The van der Waals surface area contributed by atoms with Crippen LogP contribution in [0.15, 0.2) is 54.1 Å². The first-order valence-electron chi connectivity index (χ1n) is 7.81. The van der Waals surface area contributed by atoms with Crippen LogP contribution in [0, 0.1) is 0 Å². The summed E-state index contributed by atoms with van der Waals surface area (Å²) in [4.78, 5) is 0. The highest BCUT2D eigenvalue weighted by Gasteiger charge is 2.12. The topological polar surface area (TPSA) is 0 Å². The lowest BCUT2D eigenvalue weighted by atomic mass is 9.86. The van der Waals surface area contributed by atoms with Crippen molar-refractivity contribution in [1.29, 1.82) is 0 Å². The molecule has 1 aromatic rings. The lowest BCUT2D eigenvalue weighted by Crippen LogP contribution is -2.01. The maximum Gasteiger partial charge on any atom is 0.00583 e. The van der Waals surface area contributed by atoms with Crippen LogP contribution in [0.5, 0.6) is 0 Å². The predicted octanol–water partition coefficient (Wildman–Crippen LogP) is 6.02. The van der Waals surface area contributed by atoms with E-state index in [2.05, 4.69) is 55.5 Å². The van der Waals surface area contributed by atoms with Gasteiger partial charge in [-0.25, -0.2) is 0 Å². The number of allylic oxidation sites excluding steroid dienone is 4. The van der Waals surface area contributed by atoms with Crippen LogP contribution in [0.3, 0.4) is 0 Å². The second-order valence-electron chi connectivity index (χ2n) is 5.60. The fourth-order valence-corrected chi connectivity index (χ4v) is 2.81. The van der Waals surface area contributed by atoms with Gasteiger partial charge in [-0.15, -0.1) is 0 Å². The second-order valence-corrected chi connectivity index (χ2v) is 5.60. The summed E-state index contributed by atoms with van der Waals surface area (Å²) in [5, 5.41) is 0. The second kappa shape index (κ2) is 7.99. The molecule has 0 heteroatoms. The molecule has 0 aliphatic heterocycles. The van der Waals surface area contributed by atoms with Gasteiger partial charge in [-0.3, -0.25) is 0 Å². The minimum absolute atomic E-state index is 0.594. The van der Waals surface area contributed by atoms with E-state index in [0.29, 0.717) is 5.92 Å². The Morgan fingerprint density at radius 3 is 2.58 bits per heavy atom. The normalized spacial score (nSPS) is 18.4. The SMILES string of the molecule is CCCCCCCC1=CC=CC(c2ccccc2)C1.